The molecule has 27 heavy (non-hydrogen) atoms. The molecule has 134 valence electrons. The third kappa shape index (κ3) is 3.03. The summed E-state index contributed by atoms with van der Waals surface area (Å²) in [6.07, 6.45) is 1.19. The van der Waals surface area contributed by atoms with E-state index in [0.717, 1.165) is 0 Å². The molecular weight excluding hydrogens is 393 g/mol. The topological polar surface area (TPSA) is 112 Å². The lowest BCUT2D eigenvalue weighted by Gasteiger charge is -2.10. The van der Waals surface area contributed by atoms with Crippen molar-refractivity contribution in [2.75, 3.05) is 5.32 Å². The van der Waals surface area contributed by atoms with Crippen LogP contribution in [0.25, 0.3) is 16.9 Å². The van der Waals surface area contributed by atoms with Gasteiger partial charge in [-0.05, 0) is 24.3 Å². The first-order valence-corrected chi connectivity index (χ1v) is 8.33. The fourth-order valence-electron chi connectivity index (χ4n) is 2.54. The molecule has 2 heterocycles. The molecule has 0 aliphatic rings. The van der Waals surface area contributed by atoms with Gasteiger partial charge in [-0.1, -0.05) is 46.6 Å². The Balaban J connectivity index is 1.89. The molecule has 0 spiro atoms. The smallest absolute Gasteiger partial charge is 0.333 e. The summed E-state index contributed by atoms with van der Waals surface area (Å²) in [6.45, 7) is 0. The van der Waals surface area contributed by atoms with E-state index in [9.17, 15) is 10.1 Å². The summed E-state index contributed by atoms with van der Waals surface area (Å²) >= 11 is 12.2. The Kier molecular flexibility index (Phi) is 4.30. The van der Waals surface area contributed by atoms with Crippen LogP contribution >= 0.6 is 23.2 Å². The van der Waals surface area contributed by atoms with E-state index in [1.807, 2.05) is 0 Å². The lowest BCUT2D eigenvalue weighted by atomic mass is 10.3. The van der Waals surface area contributed by atoms with E-state index in [2.05, 4.69) is 25.6 Å². The molecule has 0 saturated carbocycles. The van der Waals surface area contributed by atoms with Crippen molar-refractivity contribution in [1.29, 1.82) is 0 Å². The molecule has 2 aromatic heterocycles. The summed E-state index contributed by atoms with van der Waals surface area (Å²) in [5, 5.41) is 23.1. The Morgan fingerprint density at radius 3 is 2.70 bits per heavy atom. The van der Waals surface area contributed by atoms with E-state index in [4.69, 9.17) is 23.2 Å². The first-order valence-electron chi connectivity index (χ1n) is 7.57. The van der Waals surface area contributed by atoms with E-state index in [0.29, 0.717) is 21.7 Å². The molecule has 0 aliphatic carbocycles. The molecule has 11 heteroatoms. The minimum atomic E-state index is -0.591. The lowest BCUT2D eigenvalue weighted by Crippen LogP contribution is -2.09. The minimum absolute atomic E-state index is 0.0237. The van der Waals surface area contributed by atoms with Gasteiger partial charge in [0.1, 0.15) is 11.8 Å². The molecule has 0 fully saturated rings. The van der Waals surface area contributed by atoms with E-state index in [-0.39, 0.29) is 22.3 Å². The van der Waals surface area contributed by atoms with Crippen LogP contribution in [0.2, 0.25) is 10.0 Å². The highest BCUT2D eigenvalue weighted by Gasteiger charge is 2.27. The Hall–Kier alpha value is -3.30. The molecule has 0 amide bonds. The van der Waals surface area contributed by atoms with Gasteiger partial charge in [0.2, 0.25) is 11.6 Å². The predicted molar refractivity (Wildman–Crippen MR) is 101 cm³/mol. The first kappa shape index (κ1) is 17.1. The van der Waals surface area contributed by atoms with E-state index in [1.165, 1.54) is 11.0 Å². The van der Waals surface area contributed by atoms with Gasteiger partial charge in [-0.15, -0.1) is 5.10 Å². The molecule has 4 aromatic rings. The minimum Gasteiger partial charge on any atom is -0.333 e. The fraction of sp³-hybridized carbons (Fsp3) is 0. The predicted octanol–water partition coefficient (Wildman–Crippen LogP) is 4.17. The van der Waals surface area contributed by atoms with Gasteiger partial charge in [0.15, 0.2) is 0 Å². The zero-order chi connectivity index (χ0) is 19.0. The second-order valence-electron chi connectivity index (χ2n) is 5.37. The summed E-state index contributed by atoms with van der Waals surface area (Å²) in [5.74, 6) is -0.0712. The van der Waals surface area contributed by atoms with Crippen molar-refractivity contribution in [2.45, 2.75) is 0 Å². The molecule has 0 unspecified atom stereocenters. The molecule has 2 aromatic carbocycles. The maximum absolute atomic E-state index is 11.8. The Bertz CT molecular complexity index is 1180. The number of hydrogen-bond donors (Lipinski definition) is 1. The monoisotopic (exact) mass is 401 g/mol. The number of nitrogens with zero attached hydrogens (tertiary/aromatic N) is 6. The Labute approximate surface area is 161 Å². The van der Waals surface area contributed by atoms with Crippen LogP contribution in [0, 0.1) is 10.1 Å². The van der Waals surface area contributed by atoms with Crippen LogP contribution in [0.3, 0.4) is 0 Å². The van der Waals surface area contributed by atoms with Gasteiger partial charge in [0.25, 0.3) is 0 Å². The van der Waals surface area contributed by atoms with Gasteiger partial charge in [-0.25, -0.2) is 9.97 Å². The summed E-state index contributed by atoms with van der Waals surface area (Å²) in [6, 6.07) is 12.0. The molecule has 0 bridgehead atoms. The molecule has 0 radical (unpaired) electrons. The van der Waals surface area contributed by atoms with Crippen molar-refractivity contribution < 1.29 is 4.92 Å². The average Bonchev–Trinajstić information content (AvgIpc) is 3.09. The molecule has 9 nitrogen and oxygen atoms in total. The number of nitro groups is 1. The SMILES string of the molecule is O=[N+]([O-])c1c(Nc2cccc(Cl)c2Cl)ncnc1-n1nnc2ccccc21. The number of halogens is 2. The molecule has 0 aliphatic heterocycles. The molecule has 0 atom stereocenters. The van der Waals surface area contributed by atoms with E-state index < -0.39 is 4.92 Å². The molecule has 4 rings (SSSR count). The van der Waals surface area contributed by atoms with Crippen molar-refractivity contribution in [3.63, 3.8) is 0 Å². The highest BCUT2D eigenvalue weighted by atomic mass is 35.5. The number of benzene rings is 2. The van der Waals surface area contributed by atoms with E-state index >= 15 is 0 Å². The number of para-hydroxylation sites is 1. The van der Waals surface area contributed by atoms with Crippen molar-refractivity contribution in [1.82, 2.24) is 25.0 Å². The third-order valence-electron chi connectivity index (χ3n) is 3.74. The second-order valence-corrected chi connectivity index (χ2v) is 6.15. The van der Waals surface area contributed by atoms with E-state index in [1.54, 1.807) is 42.5 Å². The second kappa shape index (κ2) is 6.78. The zero-order valence-corrected chi connectivity index (χ0v) is 14.9. The maximum Gasteiger partial charge on any atom is 0.356 e. The van der Waals surface area contributed by atoms with Gasteiger partial charge in [0, 0.05) is 0 Å². The van der Waals surface area contributed by atoms with Crippen LogP contribution in [0.4, 0.5) is 17.2 Å². The van der Waals surface area contributed by atoms with Gasteiger partial charge in [0.05, 0.1) is 26.2 Å². The zero-order valence-electron chi connectivity index (χ0n) is 13.4. The highest BCUT2D eigenvalue weighted by Crippen LogP contribution is 2.35. The van der Waals surface area contributed by atoms with Gasteiger partial charge < -0.3 is 5.32 Å². The van der Waals surface area contributed by atoms with Crippen LogP contribution in [0.1, 0.15) is 0 Å². The van der Waals surface area contributed by atoms with Crippen molar-refractivity contribution >= 4 is 51.4 Å². The van der Waals surface area contributed by atoms with Crippen LogP contribution in [0.15, 0.2) is 48.8 Å². The quantitative estimate of drug-likeness (QED) is 0.403. The number of nitrogens with one attached hydrogen (secondary N) is 1. The molecule has 1 N–H and O–H groups in total. The standard InChI is InChI=1S/C16H9Cl2N7O2/c17-9-4-3-6-11(13(9)18)21-15-14(25(26)27)16(20-8-19-15)24-12-7-2-1-5-10(12)22-23-24/h1-8H,(H,19,20,21). The maximum atomic E-state index is 11.8. The highest BCUT2D eigenvalue weighted by molar-refractivity contribution is 6.43. The van der Waals surface area contributed by atoms with Gasteiger partial charge in [-0.3, -0.25) is 10.1 Å². The first-order chi connectivity index (χ1) is 13.1. The van der Waals surface area contributed by atoms with Crippen LogP contribution in [-0.2, 0) is 0 Å². The van der Waals surface area contributed by atoms with Gasteiger partial charge in [-0.2, -0.15) is 4.68 Å². The fourth-order valence-corrected chi connectivity index (χ4v) is 2.89. The van der Waals surface area contributed by atoms with Crippen molar-refractivity contribution in [3.8, 4) is 5.82 Å². The van der Waals surface area contributed by atoms with Crippen LogP contribution in [-0.4, -0.2) is 29.9 Å². The van der Waals surface area contributed by atoms with Gasteiger partial charge >= 0.3 is 5.69 Å². The summed E-state index contributed by atoms with van der Waals surface area (Å²) in [4.78, 5) is 19.2. The summed E-state index contributed by atoms with van der Waals surface area (Å²) < 4.78 is 1.29. The van der Waals surface area contributed by atoms with Crippen LogP contribution in [0.5, 0.6) is 0 Å². The average molecular weight is 402 g/mol. The number of rotatable bonds is 4. The van der Waals surface area contributed by atoms with Crippen molar-refractivity contribution in [3.05, 3.63) is 69.0 Å². The largest absolute Gasteiger partial charge is 0.356 e. The normalized spacial score (nSPS) is 10.9. The lowest BCUT2D eigenvalue weighted by molar-refractivity contribution is -0.384. The number of aromatic nitrogens is 5. The third-order valence-corrected chi connectivity index (χ3v) is 4.56. The number of fused-ring (bicyclic) bond motifs is 1. The Morgan fingerprint density at radius 2 is 1.89 bits per heavy atom. The summed E-state index contributed by atoms with van der Waals surface area (Å²) in [5.41, 5.74) is 1.16. The summed E-state index contributed by atoms with van der Waals surface area (Å²) in [7, 11) is 0. The number of hydrogen-bond acceptors (Lipinski definition) is 7. The number of anilines is 2. The molecular formula is C16H9Cl2N7O2. The van der Waals surface area contributed by atoms with Crippen molar-refractivity contribution in [2.24, 2.45) is 0 Å². The molecule has 0 saturated heterocycles. The van der Waals surface area contributed by atoms with Crippen LogP contribution < -0.4 is 5.32 Å². The Morgan fingerprint density at radius 1 is 1.07 bits per heavy atom.